The molecule has 2 N–H and O–H groups in total. The minimum Gasteiger partial charge on any atom is -0.396 e. The van der Waals surface area contributed by atoms with E-state index in [0.29, 0.717) is 21.3 Å². The summed E-state index contributed by atoms with van der Waals surface area (Å²) in [5, 5.41) is 3.27. The van der Waals surface area contributed by atoms with Crippen molar-refractivity contribution in [3.63, 3.8) is 0 Å². The topological polar surface area (TPSA) is 56.0 Å². The van der Waals surface area contributed by atoms with Crippen LogP contribution in [0.4, 0.5) is 5.69 Å². The standard InChI is InChI=1S/C12H10Cl2N2OS/c1-6-5-18-11(16-6)4-10(17)7-2-8(13)12(15)9(14)3-7/h2-3,5H,4,15H2,1H3. The zero-order valence-corrected chi connectivity index (χ0v) is 11.9. The number of aryl methyl sites for hydroxylation is 1. The number of carbonyl (C=O) groups is 1. The van der Waals surface area contributed by atoms with E-state index in [9.17, 15) is 4.79 Å². The van der Waals surface area contributed by atoms with Gasteiger partial charge in [-0.05, 0) is 19.1 Å². The van der Waals surface area contributed by atoms with Crippen molar-refractivity contribution >= 4 is 46.0 Å². The second-order valence-electron chi connectivity index (χ2n) is 3.84. The number of aromatic nitrogens is 1. The fourth-order valence-corrected chi connectivity index (χ4v) is 2.73. The number of rotatable bonds is 3. The summed E-state index contributed by atoms with van der Waals surface area (Å²) in [6, 6.07) is 3.07. The number of Topliss-reactive ketones (excluding diaryl/α,β-unsaturated/α-hetero) is 1. The summed E-state index contributed by atoms with van der Waals surface area (Å²) in [6.45, 7) is 1.89. The molecule has 0 aliphatic carbocycles. The van der Waals surface area contributed by atoms with Gasteiger partial charge in [0, 0.05) is 16.6 Å². The average molecular weight is 301 g/mol. The lowest BCUT2D eigenvalue weighted by Gasteiger charge is -2.04. The molecule has 2 aromatic rings. The van der Waals surface area contributed by atoms with Gasteiger partial charge in [0.1, 0.15) is 5.01 Å². The van der Waals surface area contributed by atoms with Gasteiger partial charge in [-0.25, -0.2) is 4.98 Å². The lowest BCUT2D eigenvalue weighted by atomic mass is 10.1. The van der Waals surface area contributed by atoms with Crippen molar-refractivity contribution in [1.82, 2.24) is 4.98 Å². The van der Waals surface area contributed by atoms with Crippen LogP contribution in [-0.2, 0) is 6.42 Å². The molecule has 2 rings (SSSR count). The van der Waals surface area contributed by atoms with E-state index in [1.54, 1.807) is 0 Å². The lowest BCUT2D eigenvalue weighted by Crippen LogP contribution is -2.04. The molecular weight excluding hydrogens is 291 g/mol. The van der Waals surface area contributed by atoms with Gasteiger partial charge in [0.05, 0.1) is 22.2 Å². The molecule has 0 spiro atoms. The molecule has 0 atom stereocenters. The maximum Gasteiger partial charge on any atom is 0.169 e. The van der Waals surface area contributed by atoms with E-state index in [-0.39, 0.29) is 12.2 Å². The predicted octanol–water partition coefficient (Wildman–Crippen LogP) is 3.77. The van der Waals surface area contributed by atoms with E-state index in [2.05, 4.69) is 4.98 Å². The molecule has 0 saturated heterocycles. The molecule has 94 valence electrons. The molecule has 0 aliphatic heterocycles. The molecule has 1 heterocycles. The highest BCUT2D eigenvalue weighted by molar-refractivity contribution is 7.09. The molecular formula is C12H10Cl2N2OS. The highest BCUT2D eigenvalue weighted by Gasteiger charge is 2.13. The van der Waals surface area contributed by atoms with E-state index < -0.39 is 0 Å². The largest absolute Gasteiger partial charge is 0.396 e. The number of halogens is 2. The van der Waals surface area contributed by atoms with Gasteiger partial charge in [0.2, 0.25) is 0 Å². The zero-order chi connectivity index (χ0) is 13.3. The van der Waals surface area contributed by atoms with Gasteiger partial charge in [0.15, 0.2) is 5.78 Å². The Morgan fingerprint density at radius 2 is 2.00 bits per heavy atom. The predicted molar refractivity (Wildman–Crippen MR) is 75.8 cm³/mol. The van der Waals surface area contributed by atoms with Crippen molar-refractivity contribution in [3.8, 4) is 0 Å². The maximum atomic E-state index is 12.0. The van der Waals surface area contributed by atoms with Crippen LogP contribution in [-0.4, -0.2) is 10.8 Å². The summed E-state index contributed by atoms with van der Waals surface area (Å²) in [4.78, 5) is 16.3. The van der Waals surface area contributed by atoms with Crippen LogP contribution < -0.4 is 5.73 Å². The van der Waals surface area contributed by atoms with Crippen LogP contribution >= 0.6 is 34.5 Å². The quantitative estimate of drug-likeness (QED) is 0.693. The Bertz CT molecular complexity index is 587. The van der Waals surface area contributed by atoms with Gasteiger partial charge in [-0.2, -0.15) is 0 Å². The Kier molecular flexibility index (Phi) is 3.90. The maximum absolute atomic E-state index is 12.0. The molecule has 0 amide bonds. The zero-order valence-electron chi connectivity index (χ0n) is 9.54. The normalized spacial score (nSPS) is 10.6. The van der Waals surface area contributed by atoms with E-state index in [4.69, 9.17) is 28.9 Å². The summed E-state index contributed by atoms with van der Waals surface area (Å²) in [6.07, 6.45) is 0.245. The second-order valence-corrected chi connectivity index (χ2v) is 5.59. The third-order valence-corrected chi connectivity index (χ3v) is 3.97. The van der Waals surface area contributed by atoms with Crippen molar-refractivity contribution in [3.05, 3.63) is 43.8 Å². The minimum atomic E-state index is -0.0758. The summed E-state index contributed by atoms with van der Waals surface area (Å²) in [5.74, 6) is -0.0758. The summed E-state index contributed by atoms with van der Waals surface area (Å²) >= 11 is 13.3. The molecule has 1 aromatic heterocycles. The minimum absolute atomic E-state index is 0.0758. The molecule has 0 unspecified atom stereocenters. The van der Waals surface area contributed by atoms with Crippen molar-refractivity contribution in [1.29, 1.82) is 0 Å². The monoisotopic (exact) mass is 300 g/mol. The van der Waals surface area contributed by atoms with Gasteiger partial charge >= 0.3 is 0 Å². The highest BCUT2D eigenvalue weighted by Crippen LogP contribution is 2.29. The summed E-state index contributed by atoms with van der Waals surface area (Å²) in [5.41, 5.74) is 7.28. The third-order valence-electron chi connectivity index (χ3n) is 2.38. The van der Waals surface area contributed by atoms with E-state index >= 15 is 0 Å². The van der Waals surface area contributed by atoms with Gasteiger partial charge in [0.25, 0.3) is 0 Å². The number of anilines is 1. The Balaban J connectivity index is 2.24. The number of nitrogens with two attached hydrogens (primary N) is 1. The number of thiazole rings is 1. The Hall–Kier alpha value is -1.10. The van der Waals surface area contributed by atoms with Crippen molar-refractivity contribution in [2.75, 3.05) is 5.73 Å². The van der Waals surface area contributed by atoms with Crippen LogP contribution in [0.15, 0.2) is 17.5 Å². The molecule has 0 radical (unpaired) electrons. The van der Waals surface area contributed by atoms with Gasteiger partial charge < -0.3 is 5.73 Å². The van der Waals surface area contributed by atoms with Crippen LogP contribution in [0.2, 0.25) is 10.0 Å². The average Bonchev–Trinajstić information content (AvgIpc) is 2.71. The van der Waals surface area contributed by atoms with Gasteiger partial charge in [-0.3, -0.25) is 4.79 Å². The first kappa shape index (κ1) is 13.3. The number of hydrogen-bond acceptors (Lipinski definition) is 4. The lowest BCUT2D eigenvalue weighted by molar-refractivity contribution is 0.0993. The van der Waals surface area contributed by atoms with Crippen LogP contribution in [0.3, 0.4) is 0 Å². The number of nitrogen functional groups attached to an aromatic ring is 1. The van der Waals surface area contributed by atoms with Crippen LogP contribution in [0.1, 0.15) is 21.1 Å². The number of hydrogen-bond donors (Lipinski definition) is 1. The molecule has 0 bridgehead atoms. The molecule has 1 aromatic carbocycles. The van der Waals surface area contributed by atoms with E-state index in [0.717, 1.165) is 10.7 Å². The number of benzene rings is 1. The molecule has 0 fully saturated rings. The molecule has 0 saturated carbocycles. The van der Waals surface area contributed by atoms with Crippen molar-refractivity contribution < 1.29 is 4.79 Å². The summed E-state index contributed by atoms with van der Waals surface area (Å²) in [7, 11) is 0. The Morgan fingerprint density at radius 3 is 2.50 bits per heavy atom. The van der Waals surface area contributed by atoms with Gasteiger partial charge in [-0.15, -0.1) is 11.3 Å². The number of ketones is 1. The Morgan fingerprint density at radius 1 is 1.39 bits per heavy atom. The van der Waals surface area contributed by atoms with Crippen LogP contribution in [0, 0.1) is 6.92 Å². The van der Waals surface area contributed by atoms with Crippen molar-refractivity contribution in [2.24, 2.45) is 0 Å². The van der Waals surface area contributed by atoms with Crippen LogP contribution in [0.5, 0.6) is 0 Å². The molecule has 6 heteroatoms. The van der Waals surface area contributed by atoms with Crippen LogP contribution in [0.25, 0.3) is 0 Å². The first-order chi connectivity index (χ1) is 8.47. The van der Waals surface area contributed by atoms with Gasteiger partial charge in [-0.1, -0.05) is 23.2 Å². The Labute approximate surface area is 119 Å². The fourth-order valence-electron chi connectivity index (χ4n) is 1.47. The molecule has 18 heavy (non-hydrogen) atoms. The first-order valence-electron chi connectivity index (χ1n) is 5.16. The number of carbonyl (C=O) groups excluding carboxylic acids is 1. The molecule has 0 aliphatic rings. The molecule has 3 nitrogen and oxygen atoms in total. The smallest absolute Gasteiger partial charge is 0.169 e. The second kappa shape index (κ2) is 5.26. The third kappa shape index (κ3) is 2.83. The summed E-state index contributed by atoms with van der Waals surface area (Å²) < 4.78 is 0. The fraction of sp³-hybridized carbons (Fsp3) is 0.167. The van der Waals surface area contributed by atoms with Crippen molar-refractivity contribution in [2.45, 2.75) is 13.3 Å². The first-order valence-corrected chi connectivity index (χ1v) is 6.79. The number of nitrogens with zero attached hydrogens (tertiary/aromatic N) is 1. The van der Waals surface area contributed by atoms with E-state index in [1.165, 1.54) is 23.5 Å². The van der Waals surface area contributed by atoms with E-state index in [1.807, 2.05) is 12.3 Å². The SMILES string of the molecule is Cc1csc(CC(=O)c2cc(Cl)c(N)c(Cl)c2)n1. The highest BCUT2D eigenvalue weighted by atomic mass is 35.5.